The van der Waals surface area contributed by atoms with Crippen LogP contribution in [0.3, 0.4) is 0 Å². The van der Waals surface area contributed by atoms with E-state index >= 15 is 0 Å². The van der Waals surface area contributed by atoms with Crippen LogP contribution in [-0.4, -0.2) is 31.5 Å². The molecule has 0 fully saturated rings. The highest BCUT2D eigenvalue weighted by molar-refractivity contribution is 6.00. The average molecular weight is 220 g/mol. The van der Waals surface area contributed by atoms with Gasteiger partial charge in [0.15, 0.2) is 11.4 Å². The Labute approximate surface area is 89.8 Å². The van der Waals surface area contributed by atoms with Gasteiger partial charge in [-0.15, -0.1) is 0 Å². The summed E-state index contributed by atoms with van der Waals surface area (Å²) in [5, 5.41) is 17.8. The molecule has 6 heteroatoms. The third kappa shape index (κ3) is 1.31. The number of pyridine rings is 1. The molecule has 0 aliphatic carbocycles. The number of nitrogens with zero attached hydrogens (tertiary/aromatic N) is 2. The van der Waals surface area contributed by atoms with E-state index in [1.807, 2.05) is 0 Å². The number of hydrogen-bond acceptors (Lipinski definition) is 3. The lowest BCUT2D eigenvalue weighted by Crippen LogP contribution is -2.09. The zero-order valence-corrected chi connectivity index (χ0v) is 8.34. The molecule has 0 amide bonds. The number of aromatic carboxylic acids is 2. The van der Waals surface area contributed by atoms with Crippen LogP contribution in [-0.2, 0) is 0 Å². The number of imidazole rings is 1. The van der Waals surface area contributed by atoms with Crippen LogP contribution >= 0.6 is 0 Å². The predicted octanol–water partition coefficient (Wildman–Crippen LogP) is 1.04. The normalized spacial score (nSPS) is 10.6. The lowest BCUT2D eigenvalue weighted by atomic mass is 10.3. The van der Waals surface area contributed by atoms with Gasteiger partial charge in [-0.25, -0.2) is 14.6 Å². The van der Waals surface area contributed by atoms with E-state index in [2.05, 4.69) is 4.98 Å². The second-order valence-corrected chi connectivity index (χ2v) is 3.30. The van der Waals surface area contributed by atoms with Crippen LogP contribution in [0, 0.1) is 6.92 Å². The molecule has 0 spiro atoms. The lowest BCUT2D eigenvalue weighted by Gasteiger charge is -1.98. The molecule has 0 aliphatic heterocycles. The molecule has 2 N–H and O–H groups in total. The Kier molecular flexibility index (Phi) is 2.12. The number of carbonyl (C=O) groups is 2. The molecule has 0 unspecified atom stereocenters. The second-order valence-electron chi connectivity index (χ2n) is 3.30. The molecule has 0 radical (unpaired) electrons. The number of hydrogen-bond donors (Lipinski definition) is 2. The minimum Gasteiger partial charge on any atom is -0.476 e. The topological polar surface area (TPSA) is 91.9 Å². The second kappa shape index (κ2) is 3.34. The molecule has 0 aliphatic rings. The van der Waals surface area contributed by atoms with Gasteiger partial charge in [0.05, 0.1) is 0 Å². The van der Waals surface area contributed by atoms with Crippen LogP contribution in [0.5, 0.6) is 0 Å². The van der Waals surface area contributed by atoms with Gasteiger partial charge < -0.3 is 10.2 Å². The van der Waals surface area contributed by atoms with E-state index in [0.717, 1.165) is 5.56 Å². The first kappa shape index (κ1) is 10.2. The van der Waals surface area contributed by atoms with Crippen molar-refractivity contribution in [1.29, 1.82) is 0 Å². The molecular weight excluding hydrogens is 212 g/mol. The van der Waals surface area contributed by atoms with Crippen LogP contribution in [0.2, 0.25) is 0 Å². The summed E-state index contributed by atoms with van der Waals surface area (Å²) in [4.78, 5) is 25.7. The van der Waals surface area contributed by atoms with E-state index in [4.69, 9.17) is 10.2 Å². The fraction of sp³-hybridized carbons (Fsp3) is 0.100. The Bertz CT molecular complexity index is 600. The maximum atomic E-state index is 11.0. The van der Waals surface area contributed by atoms with E-state index in [9.17, 15) is 9.59 Å². The Morgan fingerprint density at radius 1 is 1.31 bits per heavy atom. The molecule has 2 aromatic rings. The van der Waals surface area contributed by atoms with Gasteiger partial charge in [0.2, 0.25) is 0 Å². The zero-order chi connectivity index (χ0) is 11.9. The van der Waals surface area contributed by atoms with Crippen molar-refractivity contribution in [3.05, 3.63) is 35.3 Å². The molecule has 2 rings (SSSR count). The van der Waals surface area contributed by atoms with Crippen LogP contribution in [0.4, 0.5) is 0 Å². The van der Waals surface area contributed by atoms with Gasteiger partial charge in [-0.1, -0.05) is 6.07 Å². The fourth-order valence-electron chi connectivity index (χ4n) is 1.56. The Balaban J connectivity index is 2.92. The molecule has 6 nitrogen and oxygen atoms in total. The number of carboxylic acids is 2. The molecule has 2 heterocycles. The summed E-state index contributed by atoms with van der Waals surface area (Å²) in [6.07, 6.45) is 1.48. The molecule has 16 heavy (non-hydrogen) atoms. The molecule has 0 saturated heterocycles. The zero-order valence-electron chi connectivity index (χ0n) is 8.34. The third-order valence-corrected chi connectivity index (χ3v) is 2.25. The highest BCUT2D eigenvalue weighted by atomic mass is 16.4. The van der Waals surface area contributed by atoms with Crippen molar-refractivity contribution in [2.45, 2.75) is 6.92 Å². The summed E-state index contributed by atoms with van der Waals surface area (Å²) in [6.45, 7) is 1.74. The van der Waals surface area contributed by atoms with Crippen LogP contribution in [0.1, 0.15) is 26.5 Å². The van der Waals surface area contributed by atoms with E-state index < -0.39 is 17.6 Å². The van der Waals surface area contributed by atoms with Crippen molar-refractivity contribution in [2.75, 3.05) is 0 Å². The number of aryl methyl sites for hydroxylation is 1. The van der Waals surface area contributed by atoms with Crippen molar-refractivity contribution in [1.82, 2.24) is 9.38 Å². The van der Waals surface area contributed by atoms with Gasteiger partial charge >= 0.3 is 11.9 Å². The molecule has 0 saturated carbocycles. The van der Waals surface area contributed by atoms with Gasteiger partial charge in [-0.3, -0.25) is 4.40 Å². The van der Waals surface area contributed by atoms with E-state index in [-0.39, 0.29) is 5.69 Å². The van der Waals surface area contributed by atoms with Gasteiger partial charge in [0.1, 0.15) is 5.65 Å². The molecule has 82 valence electrons. The first-order valence-corrected chi connectivity index (χ1v) is 4.46. The minimum atomic E-state index is -1.35. The van der Waals surface area contributed by atoms with E-state index in [1.54, 1.807) is 19.1 Å². The number of aromatic nitrogens is 2. The minimum absolute atomic E-state index is 0.328. The van der Waals surface area contributed by atoms with Crippen molar-refractivity contribution in [2.24, 2.45) is 0 Å². The summed E-state index contributed by atoms with van der Waals surface area (Å²) in [5.41, 5.74) is 0.294. The lowest BCUT2D eigenvalue weighted by molar-refractivity contribution is 0.0643. The average Bonchev–Trinajstić information content (AvgIpc) is 2.58. The summed E-state index contributed by atoms with van der Waals surface area (Å²) < 4.78 is 1.26. The maximum Gasteiger partial charge on any atom is 0.357 e. The maximum absolute atomic E-state index is 11.0. The molecule has 0 atom stereocenters. The fourth-order valence-corrected chi connectivity index (χ4v) is 1.56. The summed E-state index contributed by atoms with van der Waals surface area (Å²) >= 11 is 0. The smallest absolute Gasteiger partial charge is 0.357 e. The summed E-state index contributed by atoms with van der Waals surface area (Å²) in [5.74, 6) is -2.66. The van der Waals surface area contributed by atoms with Gasteiger partial charge in [-0.2, -0.15) is 0 Å². The number of carboxylic acid groups (broad SMARTS) is 2. The van der Waals surface area contributed by atoms with E-state index in [1.165, 1.54) is 10.6 Å². The third-order valence-electron chi connectivity index (χ3n) is 2.25. The van der Waals surface area contributed by atoms with Crippen molar-refractivity contribution in [3.8, 4) is 0 Å². The molecule has 0 bridgehead atoms. The van der Waals surface area contributed by atoms with Gasteiger partial charge in [0, 0.05) is 6.20 Å². The van der Waals surface area contributed by atoms with Crippen LogP contribution in [0.25, 0.3) is 5.65 Å². The Morgan fingerprint density at radius 3 is 2.56 bits per heavy atom. The van der Waals surface area contributed by atoms with Crippen molar-refractivity contribution >= 4 is 17.6 Å². The Hall–Kier alpha value is -2.37. The standard InChI is InChI=1S/C10H8N2O4/c1-5-3-2-4-12-7(10(15)16)6(9(13)14)11-8(5)12/h2-4H,1H3,(H,13,14)(H,15,16). The van der Waals surface area contributed by atoms with Crippen molar-refractivity contribution in [3.63, 3.8) is 0 Å². The number of fused-ring (bicyclic) bond motifs is 1. The molecular formula is C10H8N2O4. The summed E-state index contributed by atoms with van der Waals surface area (Å²) in [7, 11) is 0. The SMILES string of the molecule is Cc1cccn2c(C(=O)O)c(C(=O)O)nc12. The van der Waals surface area contributed by atoms with Crippen LogP contribution in [0.15, 0.2) is 18.3 Å². The largest absolute Gasteiger partial charge is 0.476 e. The van der Waals surface area contributed by atoms with Gasteiger partial charge in [-0.05, 0) is 18.6 Å². The monoisotopic (exact) mass is 220 g/mol. The molecule has 0 aromatic carbocycles. The first-order chi connectivity index (χ1) is 7.52. The Morgan fingerprint density at radius 2 is 2.00 bits per heavy atom. The highest BCUT2D eigenvalue weighted by Gasteiger charge is 2.23. The van der Waals surface area contributed by atoms with Gasteiger partial charge in [0.25, 0.3) is 0 Å². The summed E-state index contributed by atoms with van der Waals surface area (Å²) in [6, 6.07) is 3.38. The van der Waals surface area contributed by atoms with Crippen molar-refractivity contribution < 1.29 is 19.8 Å². The van der Waals surface area contributed by atoms with E-state index in [0.29, 0.717) is 5.65 Å². The van der Waals surface area contributed by atoms with Crippen LogP contribution < -0.4 is 0 Å². The quantitative estimate of drug-likeness (QED) is 0.788. The number of rotatable bonds is 2. The highest BCUT2D eigenvalue weighted by Crippen LogP contribution is 2.15. The predicted molar refractivity (Wildman–Crippen MR) is 53.8 cm³/mol. The molecule has 2 aromatic heterocycles. The first-order valence-electron chi connectivity index (χ1n) is 4.46.